The fraction of sp³-hybridized carbons (Fsp3) is 0.0769. The van der Waals surface area contributed by atoms with Crippen LogP contribution in [0.1, 0.15) is 15.9 Å². The monoisotopic (exact) mass is 308 g/mol. The number of rotatable bonds is 3. The third-order valence-electron chi connectivity index (χ3n) is 2.38. The highest BCUT2D eigenvalue weighted by atomic mass is 79.9. The molecule has 3 nitrogen and oxygen atoms in total. The minimum Gasteiger partial charge on any atom is -0.348 e. The van der Waals surface area contributed by atoms with Gasteiger partial charge in [0.25, 0.3) is 5.91 Å². The van der Waals surface area contributed by atoms with E-state index in [9.17, 15) is 9.18 Å². The molecule has 0 spiro atoms. The Kier molecular flexibility index (Phi) is 4.04. The van der Waals surface area contributed by atoms with E-state index < -0.39 is 11.7 Å². The summed E-state index contributed by atoms with van der Waals surface area (Å²) in [6.45, 7) is 0.344. The van der Waals surface area contributed by atoms with Crippen LogP contribution in [0.4, 0.5) is 4.39 Å². The first-order valence-corrected chi connectivity index (χ1v) is 6.08. The zero-order chi connectivity index (χ0) is 13.0. The van der Waals surface area contributed by atoms with Crippen molar-refractivity contribution in [1.82, 2.24) is 10.3 Å². The smallest absolute Gasteiger partial charge is 0.254 e. The number of hydrogen-bond donors (Lipinski definition) is 1. The SMILES string of the molecule is O=C(NCc1ccncc1)c1ccc(Br)cc1F. The average Bonchev–Trinajstić information content (AvgIpc) is 2.37. The Morgan fingerprint density at radius 1 is 1.28 bits per heavy atom. The molecule has 0 aliphatic carbocycles. The molecule has 2 aromatic rings. The molecule has 0 aliphatic rings. The number of amides is 1. The molecule has 0 saturated carbocycles. The molecule has 0 aliphatic heterocycles. The van der Waals surface area contributed by atoms with E-state index in [-0.39, 0.29) is 5.56 Å². The highest BCUT2D eigenvalue weighted by Gasteiger charge is 2.11. The van der Waals surface area contributed by atoms with Crippen molar-refractivity contribution in [3.63, 3.8) is 0 Å². The van der Waals surface area contributed by atoms with E-state index in [1.807, 2.05) is 0 Å². The van der Waals surface area contributed by atoms with Crippen LogP contribution in [-0.4, -0.2) is 10.9 Å². The highest BCUT2D eigenvalue weighted by molar-refractivity contribution is 9.10. The summed E-state index contributed by atoms with van der Waals surface area (Å²) in [6.07, 6.45) is 3.28. The first kappa shape index (κ1) is 12.7. The summed E-state index contributed by atoms with van der Waals surface area (Å²) in [6, 6.07) is 7.92. The average molecular weight is 309 g/mol. The van der Waals surface area contributed by atoms with Gasteiger partial charge in [0.05, 0.1) is 5.56 Å². The molecule has 0 radical (unpaired) electrons. The van der Waals surface area contributed by atoms with E-state index in [2.05, 4.69) is 26.2 Å². The lowest BCUT2D eigenvalue weighted by atomic mass is 10.2. The minimum absolute atomic E-state index is 0.0345. The summed E-state index contributed by atoms with van der Waals surface area (Å²) in [7, 11) is 0. The van der Waals surface area contributed by atoms with Crippen LogP contribution < -0.4 is 5.32 Å². The van der Waals surface area contributed by atoms with E-state index in [1.54, 1.807) is 30.6 Å². The van der Waals surface area contributed by atoms with Crippen LogP contribution in [0.5, 0.6) is 0 Å². The molecular formula is C13H10BrFN2O. The van der Waals surface area contributed by atoms with Gasteiger partial charge in [-0.15, -0.1) is 0 Å². The van der Waals surface area contributed by atoms with Crippen LogP contribution in [0.15, 0.2) is 47.2 Å². The molecule has 1 aromatic carbocycles. The van der Waals surface area contributed by atoms with E-state index in [4.69, 9.17) is 0 Å². The van der Waals surface area contributed by atoms with Crippen molar-refractivity contribution >= 4 is 21.8 Å². The van der Waals surface area contributed by atoms with Gasteiger partial charge in [-0.2, -0.15) is 0 Å². The molecule has 1 amide bonds. The summed E-state index contributed by atoms with van der Waals surface area (Å²) in [5.41, 5.74) is 0.947. The van der Waals surface area contributed by atoms with Gasteiger partial charge in [-0.1, -0.05) is 15.9 Å². The number of hydrogen-bond acceptors (Lipinski definition) is 2. The minimum atomic E-state index is -0.545. The molecule has 5 heteroatoms. The number of aromatic nitrogens is 1. The fourth-order valence-corrected chi connectivity index (χ4v) is 1.78. The second kappa shape index (κ2) is 5.73. The van der Waals surface area contributed by atoms with Crippen molar-refractivity contribution in [2.45, 2.75) is 6.54 Å². The molecule has 1 N–H and O–H groups in total. The third kappa shape index (κ3) is 3.13. The van der Waals surface area contributed by atoms with Gasteiger partial charge in [-0.3, -0.25) is 9.78 Å². The van der Waals surface area contributed by atoms with Crippen LogP contribution in [0.25, 0.3) is 0 Å². The van der Waals surface area contributed by atoms with Gasteiger partial charge in [0.15, 0.2) is 0 Å². The maximum Gasteiger partial charge on any atom is 0.254 e. The Hall–Kier alpha value is -1.75. The van der Waals surface area contributed by atoms with Crippen molar-refractivity contribution in [3.8, 4) is 0 Å². The molecular weight excluding hydrogens is 299 g/mol. The van der Waals surface area contributed by atoms with E-state index in [0.717, 1.165) is 5.56 Å². The molecule has 18 heavy (non-hydrogen) atoms. The van der Waals surface area contributed by atoms with Gasteiger partial charge in [0.1, 0.15) is 5.82 Å². The Morgan fingerprint density at radius 2 is 2.00 bits per heavy atom. The molecule has 0 atom stereocenters. The zero-order valence-electron chi connectivity index (χ0n) is 9.36. The maximum absolute atomic E-state index is 13.5. The first-order chi connectivity index (χ1) is 8.66. The highest BCUT2D eigenvalue weighted by Crippen LogP contribution is 2.15. The number of pyridine rings is 1. The van der Waals surface area contributed by atoms with E-state index in [0.29, 0.717) is 11.0 Å². The van der Waals surface area contributed by atoms with Crippen molar-refractivity contribution in [2.75, 3.05) is 0 Å². The van der Waals surface area contributed by atoms with E-state index >= 15 is 0 Å². The molecule has 0 bridgehead atoms. The summed E-state index contributed by atoms with van der Waals surface area (Å²) in [4.78, 5) is 15.6. The van der Waals surface area contributed by atoms with Gasteiger partial charge in [0, 0.05) is 23.4 Å². The predicted molar refractivity (Wildman–Crippen MR) is 69.5 cm³/mol. The molecule has 2 rings (SSSR count). The largest absolute Gasteiger partial charge is 0.348 e. The third-order valence-corrected chi connectivity index (χ3v) is 2.87. The van der Waals surface area contributed by atoms with Crippen molar-refractivity contribution in [1.29, 1.82) is 0 Å². The number of halogens is 2. The number of nitrogens with zero attached hydrogens (tertiary/aromatic N) is 1. The number of nitrogens with one attached hydrogen (secondary N) is 1. The molecule has 92 valence electrons. The Balaban J connectivity index is 2.04. The molecule has 0 fully saturated rings. The van der Waals surface area contributed by atoms with Gasteiger partial charge in [0.2, 0.25) is 0 Å². The first-order valence-electron chi connectivity index (χ1n) is 5.29. The van der Waals surface area contributed by atoms with Gasteiger partial charge >= 0.3 is 0 Å². The van der Waals surface area contributed by atoms with Crippen molar-refractivity contribution in [2.24, 2.45) is 0 Å². The lowest BCUT2D eigenvalue weighted by Gasteiger charge is -2.06. The van der Waals surface area contributed by atoms with Crippen molar-refractivity contribution in [3.05, 3.63) is 64.1 Å². The van der Waals surface area contributed by atoms with Gasteiger partial charge in [-0.25, -0.2) is 4.39 Å². The van der Waals surface area contributed by atoms with Crippen molar-refractivity contribution < 1.29 is 9.18 Å². The molecule has 0 unspecified atom stereocenters. The topological polar surface area (TPSA) is 42.0 Å². The standard InChI is InChI=1S/C13H10BrFN2O/c14-10-1-2-11(12(15)7-10)13(18)17-8-9-3-5-16-6-4-9/h1-7H,8H2,(H,17,18). The zero-order valence-corrected chi connectivity index (χ0v) is 10.9. The summed E-state index contributed by atoms with van der Waals surface area (Å²) >= 11 is 3.14. The molecule has 1 aromatic heterocycles. The van der Waals surface area contributed by atoms with Gasteiger partial charge in [-0.05, 0) is 35.9 Å². The Bertz CT molecular complexity index is 560. The number of carbonyl (C=O) groups is 1. The van der Waals surface area contributed by atoms with Crippen LogP contribution in [0.2, 0.25) is 0 Å². The second-order valence-corrected chi connectivity index (χ2v) is 4.58. The quantitative estimate of drug-likeness (QED) is 0.947. The molecule has 0 saturated heterocycles. The normalized spacial score (nSPS) is 10.1. The van der Waals surface area contributed by atoms with E-state index in [1.165, 1.54) is 12.1 Å². The molecule has 1 heterocycles. The maximum atomic E-state index is 13.5. The van der Waals surface area contributed by atoms with Crippen LogP contribution in [-0.2, 0) is 6.54 Å². The lowest BCUT2D eigenvalue weighted by molar-refractivity contribution is 0.0947. The van der Waals surface area contributed by atoms with Crippen LogP contribution in [0, 0.1) is 5.82 Å². The lowest BCUT2D eigenvalue weighted by Crippen LogP contribution is -2.23. The summed E-state index contributed by atoms with van der Waals surface area (Å²) in [5, 5.41) is 2.65. The summed E-state index contributed by atoms with van der Waals surface area (Å²) < 4.78 is 14.1. The van der Waals surface area contributed by atoms with Gasteiger partial charge < -0.3 is 5.32 Å². The predicted octanol–water partition coefficient (Wildman–Crippen LogP) is 2.91. The van der Waals surface area contributed by atoms with Crippen LogP contribution >= 0.6 is 15.9 Å². The Morgan fingerprint density at radius 3 is 2.67 bits per heavy atom. The Labute approximate surface area is 112 Å². The number of benzene rings is 1. The second-order valence-electron chi connectivity index (χ2n) is 3.66. The van der Waals surface area contributed by atoms with Crippen LogP contribution in [0.3, 0.4) is 0 Å². The fourth-order valence-electron chi connectivity index (χ4n) is 1.45. The number of carbonyl (C=O) groups excluding carboxylic acids is 1. The summed E-state index contributed by atoms with van der Waals surface area (Å²) in [5.74, 6) is -0.978.